The molecular formula is C23H17BrN4O2S. The van der Waals surface area contributed by atoms with Crippen LogP contribution in [0, 0.1) is 0 Å². The van der Waals surface area contributed by atoms with Crippen LogP contribution in [0.5, 0.6) is 0 Å². The van der Waals surface area contributed by atoms with Crippen LogP contribution < -0.4 is 11.0 Å². The minimum Gasteiger partial charge on any atom is -0.272 e. The van der Waals surface area contributed by atoms with E-state index in [2.05, 4.69) is 31.4 Å². The summed E-state index contributed by atoms with van der Waals surface area (Å²) in [5, 5.41) is 4.96. The molecule has 31 heavy (non-hydrogen) atoms. The van der Waals surface area contributed by atoms with Gasteiger partial charge in [0.25, 0.3) is 11.5 Å². The van der Waals surface area contributed by atoms with Gasteiger partial charge in [-0.25, -0.2) is 10.4 Å². The van der Waals surface area contributed by atoms with Crippen molar-refractivity contribution in [3.8, 4) is 5.69 Å². The van der Waals surface area contributed by atoms with E-state index < -0.39 is 0 Å². The summed E-state index contributed by atoms with van der Waals surface area (Å²) in [5.41, 5.74) is 4.49. The Morgan fingerprint density at radius 1 is 1.03 bits per heavy atom. The maximum absolute atomic E-state index is 13.1. The third kappa shape index (κ3) is 5.10. The Hall–Kier alpha value is -3.23. The number of thioether (sulfide) groups is 1. The van der Waals surface area contributed by atoms with Crippen molar-refractivity contribution in [2.75, 3.05) is 5.75 Å². The smallest absolute Gasteiger partial charge is 0.266 e. The van der Waals surface area contributed by atoms with Crippen molar-refractivity contribution in [3.05, 3.63) is 99.3 Å². The van der Waals surface area contributed by atoms with E-state index in [-0.39, 0.29) is 17.2 Å². The van der Waals surface area contributed by atoms with Gasteiger partial charge in [-0.05, 0) is 42.0 Å². The highest BCUT2D eigenvalue weighted by atomic mass is 79.9. The van der Waals surface area contributed by atoms with E-state index in [1.807, 2.05) is 66.7 Å². The van der Waals surface area contributed by atoms with Gasteiger partial charge in [0, 0.05) is 4.47 Å². The fourth-order valence-electron chi connectivity index (χ4n) is 2.90. The topological polar surface area (TPSA) is 76.3 Å². The average molecular weight is 493 g/mol. The van der Waals surface area contributed by atoms with Crippen molar-refractivity contribution < 1.29 is 4.79 Å². The van der Waals surface area contributed by atoms with Crippen molar-refractivity contribution in [1.82, 2.24) is 15.0 Å². The summed E-state index contributed by atoms with van der Waals surface area (Å²) < 4.78 is 2.50. The molecule has 0 radical (unpaired) electrons. The number of nitrogens with zero attached hydrogens (tertiary/aromatic N) is 3. The number of rotatable bonds is 6. The number of halogens is 1. The first-order valence-electron chi connectivity index (χ1n) is 9.39. The Labute approximate surface area is 191 Å². The normalized spacial score (nSPS) is 11.1. The Morgan fingerprint density at radius 2 is 1.74 bits per heavy atom. The molecule has 1 heterocycles. The molecule has 6 nitrogen and oxygen atoms in total. The first-order chi connectivity index (χ1) is 15.1. The Bertz CT molecular complexity index is 1300. The number of nitrogens with one attached hydrogen (secondary N) is 1. The van der Waals surface area contributed by atoms with Gasteiger partial charge in [-0.15, -0.1) is 0 Å². The maximum atomic E-state index is 13.1. The number of benzene rings is 3. The lowest BCUT2D eigenvalue weighted by Gasteiger charge is -2.12. The summed E-state index contributed by atoms with van der Waals surface area (Å²) in [7, 11) is 0. The molecule has 0 aliphatic heterocycles. The van der Waals surface area contributed by atoms with Crippen molar-refractivity contribution in [3.63, 3.8) is 0 Å². The van der Waals surface area contributed by atoms with E-state index in [9.17, 15) is 9.59 Å². The van der Waals surface area contributed by atoms with Crippen LogP contribution in [0.2, 0.25) is 0 Å². The zero-order valence-electron chi connectivity index (χ0n) is 16.2. The van der Waals surface area contributed by atoms with E-state index in [0.717, 1.165) is 10.0 Å². The van der Waals surface area contributed by atoms with E-state index in [0.29, 0.717) is 21.7 Å². The van der Waals surface area contributed by atoms with Crippen molar-refractivity contribution in [2.24, 2.45) is 5.10 Å². The van der Waals surface area contributed by atoms with E-state index >= 15 is 0 Å². The molecule has 0 saturated heterocycles. The highest BCUT2D eigenvalue weighted by Crippen LogP contribution is 2.21. The summed E-state index contributed by atoms with van der Waals surface area (Å²) in [6.07, 6.45) is 1.57. The summed E-state index contributed by atoms with van der Waals surface area (Å²) in [6, 6.07) is 24.0. The van der Waals surface area contributed by atoms with Gasteiger partial charge in [-0.3, -0.25) is 14.2 Å². The van der Waals surface area contributed by atoms with Crippen LogP contribution in [0.4, 0.5) is 0 Å². The third-order valence-electron chi connectivity index (χ3n) is 4.36. The summed E-state index contributed by atoms with van der Waals surface area (Å²) in [4.78, 5) is 30.0. The minimum absolute atomic E-state index is 0.0648. The molecular weight excluding hydrogens is 476 g/mol. The van der Waals surface area contributed by atoms with Crippen molar-refractivity contribution in [2.45, 2.75) is 5.16 Å². The lowest BCUT2D eigenvalue weighted by Crippen LogP contribution is -2.24. The van der Waals surface area contributed by atoms with Crippen LogP contribution in [0.3, 0.4) is 0 Å². The summed E-state index contributed by atoms with van der Waals surface area (Å²) in [6.45, 7) is 0. The molecule has 4 rings (SSSR count). The van der Waals surface area contributed by atoms with Gasteiger partial charge in [0.2, 0.25) is 0 Å². The number of aromatic nitrogens is 2. The first kappa shape index (κ1) is 21.0. The van der Waals surface area contributed by atoms with Crippen LogP contribution in [0.15, 0.2) is 98.4 Å². The predicted molar refractivity (Wildman–Crippen MR) is 128 cm³/mol. The molecule has 1 N–H and O–H groups in total. The summed E-state index contributed by atoms with van der Waals surface area (Å²) >= 11 is 4.56. The Morgan fingerprint density at radius 3 is 2.52 bits per heavy atom. The first-order valence-corrected chi connectivity index (χ1v) is 11.2. The number of hydrazone groups is 1. The molecule has 4 aromatic rings. The third-order valence-corrected chi connectivity index (χ3v) is 5.83. The Kier molecular flexibility index (Phi) is 6.59. The lowest BCUT2D eigenvalue weighted by atomic mass is 10.2. The summed E-state index contributed by atoms with van der Waals surface area (Å²) in [5.74, 6) is -0.227. The Balaban J connectivity index is 1.54. The zero-order valence-corrected chi connectivity index (χ0v) is 18.6. The molecule has 3 aromatic carbocycles. The molecule has 0 aliphatic rings. The van der Waals surface area contributed by atoms with Crippen LogP contribution in [-0.2, 0) is 4.79 Å². The van der Waals surface area contributed by atoms with Crippen LogP contribution in [0.25, 0.3) is 16.6 Å². The van der Waals surface area contributed by atoms with Crippen molar-refractivity contribution >= 4 is 50.7 Å². The molecule has 0 spiro atoms. The number of fused-ring (bicyclic) bond motifs is 1. The largest absolute Gasteiger partial charge is 0.272 e. The SMILES string of the molecule is O=C(CSc1nc2ccccc2c(=O)n1-c1ccccc1)N/N=C\c1ccc(Br)cc1. The van der Waals surface area contributed by atoms with E-state index in [4.69, 9.17) is 0 Å². The number of amides is 1. The highest BCUT2D eigenvalue weighted by molar-refractivity contribution is 9.10. The van der Waals surface area contributed by atoms with Gasteiger partial charge in [-0.2, -0.15) is 5.10 Å². The predicted octanol–water partition coefficient (Wildman–Crippen LogP) is 4.39. The molecule has 154 valence electrons. The molecule has 0 unspecified atom stereocenters. The van der Waals surface area contributed by atoms with Gasteiger partial charge in [-0.1, -0.05) is 70.2 Å². The van der Waals surface area contributed by atoms with Crippen molar-refractivity contribution in [1.29, 1.82) is 0 Å². The fraction of sp³-hybridized carbons (Fsp3) is 0.0435. The highest BCUT2D eigenvalue weighted by Gasteiger charge is 2.14. The van der Waals surface area contributed by atoms with Crippen LogP contribution in [-0.4, -0.2) is 27.4 Å². The quantitative estimate of drug-likeness (QED) is 0.187. The lowest BCUT2D eigenvalue weighted by molar-refractivity contribution is -0.118. The van der Waals surface area contributed by atoms with Crippen LogP contribution in [0.1, 0.15) is 5.56 Å². The van der Waals surface area contributed by atoms with Gasteiger partial charge < -0.3 is 0 Å². The second kappa shape index (κ2) is 9.72. The molecule has 0 atom stereocenters. The number of hydrogen-bond donors (Lipinski definition) is 1. The number of para-hydroxylation sites is 2. The molecule has 1 amide bonds. The monoisotopic (exact) mass is 492 g/mol. The molecule has 0 aliphatic carbocycles. The maximum Gasteiger partial charge on any atom is 0.266 e. The molecule has 0 saturated carbocycles. The number of carbonyl (C=O) groups excluding carboxylic acids is 1. The van der Waals surface area contributed by atoms with Gasteiger partial charge in [0.1, 0.15) is 0 Å². The fourth-order valence-corrected chi connectivity index (χ4v) is 3.97. The number of hydrogen-bond acceptors (Lipinski definition) is 5. The van der Waals surface area contributed by atoms with Gasteiger partial charge in [0.15, 0.2) is 5.16 Å². The number of carbonyl (C=O) groups is 1. The minimum atomic E-state index is -0.291. The molecule has 0 fully saturated rings. The second-order valence-electron chi connectivity index (χ2n) is 6.52. The molecule has 1 aromatic heterocycles. The second-order valence-corrected chi connectivity index (χ2v) is 8.38. The van der Waals surface area contributed by atoms with Crippen LogP contribution >= 0.6 is 27.7 Å². The van der Waals surface area contributed by atoms with Gasteiger partial charge in [0.05, 0.1) is 28.6 Å². The standard InChI is InChI=1S/C23H17BrN4O2S/c24-17-12-10-16(11-13-17)14-25-27-21(29)15-31-23-26-20-9-5-4-8-19(20)22(30)28(23)18-6-2-1-3-7-18/h1-14H,15H2,(H,27,29)/b25-14-. The average Bonchev–Trinajstić information content (AvgIpc) is 2.80. The van der Waals surface area contributed by atoms with Gasteiger partial charge >= 0.3 is 0 Å². The molecule has 0 bridgehead atoms. The zero-order chi connectivity index (χ0) is 21.6. The van der Waals surface area contributed by atoms with E-state index in [1.54, 1.807) is 18.3 Å². The molecule has 8 heteroatoms. The van der Waals surface area contributed by atoms with E-state index in [1.165, 1.54) is 16.3 Å².